The minimum atomic E-state index is -0.748. The molecule has 9 heteroatoms. The van der Waals surface area contributed by atoms with E-state index < -0.39 is 24.0 Å². The molecule has 40 heavy (non-hydrogen) atoms. The molecule has 0 radical (unpaired) electrons. The number of amides is 4. The Morgan fingerprint density at radius 1 is 1.00 bits per heavy atom. The van der Waals surface area contributed by atoms with Crippen LogP contribution < -0.4 is 10.2 Å². The Kier molecular flexibility index (Phi) is 5.71. The van der Waals surface area contributed by atoms with Gasteiger partial charge in [0.15, 0.2) is 0 Å². The third-order valence-electron chi connectivity index (χ3n) is 7.61. The fraction of sp³-hybridized carbons (Fsp3) is 0.129. The van der Waals surface area contributed by atoms with Gasteiger partial charge in [0.05, 0.1) is 24.1 Å². The van der Waals surface area contributed by atoms with Crippen molar-refractivity contribution >= 4 is 46.0 Å². The number of aromatic nitrogens is 1. The summed E-state index contributed by atoms with van der Waals surface area (Å²) in [4.78, 5) is 47.7. The van der Waals surface area contributed by atoms with Crippen molar-refractivity contribution in [2.75, 3.05) is 4.90 Å². The van der Waals surface area contributed by atoms with Gasteiger partial charge in [-0.3, -0.25) is 14.5 Å². The van der Waals surface area contributed by atoms with Crippen LogP contribution in [0.25, 0.3) is 10.9 Å². The van der Waals surface area contributed by atoms with Gasteiger partial charge in [-0.2, -0.15) is 0 Å². The summed E-state index contributed by atoms with van der Waals surface area (Å²) < 4.78 is 5.31. The summed E-state index contributed by atoms with van der Waals surface area (Å²) in [6.07, 6.45) is 1.88. The van der Waals surface area contributed by atoms with Gasteiger partial charge >= 0.3 is 6.03 Å². The summed E-state index contributed by atoms with van der Waals surface area (Å²) in [5, 5.41) is 4.36. The zero-order valence-electron chi connectivity index (χ0n) is 21.1. The van der Waals surface area contributed by atoms with Crippen LogP contribution in [-0.2, 0) is 17.8 Å². The Bertz CT molecular complexity index is 1790. The molecule has 5 aromatic rings. The molecule has 1 fully saturated rings. The number of aromatic amines is 1. The lowest BCUT2D eigenvalue weighted by molar-refractivity contribution is -0.120. The minimum absolute atomic E-state index is 0.176. The van der Waals surface area contributed by atoms with Gasteiger partial charge in [0.25, 0.3) is 11.8 Å². The molecule has 3 aromatic carbocycles. The average molecular weight is 551 g/mol. The fourth-order valence-corrected chi connectivity index (χ4v) is 6.05. The molecule has 2 aliphatic rings. The number of carbonyl (C=O) groups excluding carboxylic acids is 3. The normalized spacial score (nSPS) is 18.2. The second kappa shape index (κ2) is 9.43. The number of imide groups is 1. The number of para-hydroxylation sites is 2. The Morgan fingerprint density at radius 2 is 1.82 bits per heavy atom. The van der Waals surface area contributed by atoms with Crippen LogP contribution in [0.2, 0.25) is 5.02 Å². The first-order valence-electron chi connectivity index (χ1n) is 12.9. The molecule has 0 bridgehead atoms. The third-order valence-corrected chi connectivity index (χ3v) is 7.84. The maximum atomic E-state index is 14.2. The highest BCUT2D eigenvalue weighted by Crippen LogP contribution is 2.45. The molecular weight excluding hydrogens is 528 g/mol. The predicted octanol–water partition coefficient (Wildman–Crippen LogP) is 5.83. The number of carbonyl (C=O) groups is 3. The zero-order valence-corrected chi connectivity index (χ0v) is 21.9. The van der Waals surface area contributed by atoms with E-state index in [2.05, 4.69) is 10.3 Å². The van der Waals surface area contributed by atoms with Crippen LogP contribution in [0.4, 0.5) is 10.5 Å². The van der Waals surface area contributed by atoms with Crippen molar-refractivity contribution in [2.45, 2.75) is 25.0 Å². The van der Waals surface area contributed by atoms with E-state index in [-0.39, 0.29) is 23.7 Å². The van der Waals surface area contributed by atoms with Gasteiger partial charge in [-0.25, -0.2) is 9.69 Å². The number of anilines is 1. The molecule has 4 heterocycles. The molecule has 198 valence electrons. The maximum Gasteiger partial charge on any atom is 0.332 e. The number of benzene rings is 3. The highest BCUT2D eigenvalue weighted by molar-refractivity contribution is 6.30. The van der Waals surface area contributed by atoms with Crippen molar-refractivity contribution in [3.05, 3.63) is 124 Å². The zero-order chi connectivity index (χ0) is 27.4. The molecular formula is C31H23ClN4O4. The SMILES string of the molecule is O=C(NCc1ccco1)c1ccccc1N1C(=O)[C@@H]2Cc3c([nH]c4ccccc34)[C@@H](c3cccc(Cl)c3)N2C1=O. The van der Waals surface area contributed by atoms with Crippen LogP contribution in [-0.4, -0.2) is 33.8 Å². The Hall–Kier alpha value is -4.82. The van der Waals surface area contributed by atoms with Crippen LogP contribution in [0.5, 0.6) is 0 Å². The molecule has 2 atom stereocenters. The Morgan fingerprint density at radius 3 is 2.65 bits per heavy atom. The second-order valence-corrected chi connectivity index (χ2v) is 10.3. The first-order chi connectivity index (χ1) is 19.5. The smallest absolute Gasteiger partial charge is 0.332 e. The number of halogens is 1. The number of nitrogens with zero attached hydrogens (tertiary/aromatic N) is 2. The molecule has 2 N–H and O–H groups in total. The van der Waals surface area contributed by atoms with Gasteiger partial charge in [0.1, 0.15) is 17.8 Å². The van der Waals surface area contributed by atoms with Crippen molar-refractivity contribution in [3.63, 3.8) is 0 Å². The van der Waals surface area contributed by atoms with Crippen molar-refractivity contribution < 1.29 is 18.8 Å². The van der Waals surface area contributed by atoms with Crippen molar-refractivity contribution in [1.29, 1.82) is 0 Å². The first-order valence-corrected chi connectivity index (χ1v) is 13.3. The number of H-pyrrole nitrogens is 1. The van der Waals surface area contributed by atoms with Gasteiger partial charge in [0, 0.05) is 28.0 Å². The quantitative estimate of drug-likeness (QED) is 0.269. The summed E-state index contributed by atoms with van der Waals surface area (Å²) in [6.45, 7) is 0.176. The van der Waals surface area contributed by atoms with E-state index in [9.17, 15) is 14.4 Å². The number of hydrogen-bond acceptors (Lipinski definition) is 4. The van der Waals surface area contributed by atoms with Crippen LogP contribution in [0.3, 0.4) is 0 Å². The van der Waals surface area contributed by atoms with Gasteiger partial charge < -0.3 is 14.7 Å². The topological polar surface area (TPSA) is 98.7 Å². The molecule has 1 saturated heterocycles. The van der Waals surface area contributed by atoms with Crippen LogP contribution in [0, 0.1) is 0 Å². The highest BCUT2D eigenvalue weighted by atomic mass is 35.5. The van der Waals surface area contributed by atoms with Gasteiger partial charge in [-0.1, -0.05) is 54.1 Å². The average Bonchev–Trinajstić information content (AvgIpc) is 3.68. The molecule has 0 saturated carbocycles. The maximum absolute atomic E-state index is 14.2. The van der Waals surface area contributed by atoms with E-state index >= 15 is 0 Å². The number of hydrogen-bond donors (Lipinski definition) is 2. The van der Waals surface area contributed by atoms with E-state index in [1.165, 1.54) is 6.26 Å². The monoisotopic (exact) mass is 550 g/mol. The molecule has 8 nitrogen and oxygen atoms in total. The lowest BCUT2D eigenvalue weighted by Gasteiger charge is -2.36. The fourth-order valence-electron chi connectivity index (χ4n) is 5.86. The number of nitrogens with one attached hydrogen (secondary N) is 2. The minimum Gasteiger partial charge on any atom is -0.467 e. The van der Waals surface area contributed by atoms with E-state index in [0.717, 1.165) is 32.6 Å². The van der Waals surface area contributed by atoms with E-state index in [0.29, 0.717) is 17.2 Å². The number of urea groups is 1. The highest BCUT2D eigenvalue weighted by Gasteiger charge is 2.53. The predicted molar refractivity (Wildman–Crippen MR) is 150 cm³/mol. The summed E-state index contributed by atoms with van der Waals surface area (Å²) in [7, 11) is 0. The van der Waals surface area contributed by atoms with Gasteiger partial charge in [0.2, 0.25) is 0 Å². The molecule has 7 rings (SSSR count). The van der Waals surface area contributed by atoms with Gasteiger partial charge in [-0.15, -0.1) is 0 Å². The first kappa shape index (κ1) is 24.2. The summed E-state index contributed by atoms with van der Waals surface area (Å²) in [5.41, 5.74) is 4.04. The molecule has 4 amide bonds. The van der Waals surface area contributed by atoms with E-state index in [4.69, 9.17) is 16.0 Å². The lowest BCUT2D eigenvalue weighted by atomic mass is 9.89. The van der Waals surface area contributed by atoms with Crippen molar-refractivity contribution in [2.24, 2.45) is 0 Å². The van der Waals surface area contributed by atoms with E-state index in [1.54, 1.807) is 47.4 Å². The Labute approximate surface area is 234 Å². The number of rotatable bonds is 5. The lowest BCUT2D eigenvalue weighted by Crippen LogP contribution is -2.44. The van der Waals surface area contributed by atoms with Crippen LogP contribution >= 0.6 is 11.6 Å². The molecule has 0 unspecified atom stereocenters. The molecule has 0 aliphatic carbocycles. The second-order valence-electron chi connectivity index (χ2n) is 9.88. The number of fused-ring (bicyclic) bond motifs is 4. The summed E-state index contributed by atoms with van der Waals surface area (Å²) in [5.74, 6) is -0.201. The largest absolute Gasteiger partial charge is 0.467 e. The molecule has 2 aromatic heterocycles. The molecule has 2 aliphatic heterocycles. The summed E-state index contributed by atoms with van der Waals surface area (Å²) in [6, 6.07) is 23.6. The van der Waals surface area contributed by atoms with Crippen molar-refractivity contribution in [1.82, 2.24) is 15.2 Å². The Balaban J connectivity index is 1.31. The van der Waals surface area contributed by atoms with Gasteiger partial charge in [-0.05, 0) is 53.6 Å². The van der Waals surface area contributed by atoms with Crippen LogP contribution in [0.1, 0.15) is 39.0 Å². The van der Waals surface area contributed by atoms with E-state index in [1.807, 2.05) is 42.5 Å². The third kappa shape index (κ3) is 3.79. The standard InChI is InChI=1S/C31H23ClN4O4/c32-19-8-5-7-18(15-19)28-27-23(21-10-1-3-12-24(21)34-27)16-26-30(38)36(31(39)35(26)28)25-13-4-2-11-22(25)29(37)33-17-20-9-6-14-40-20/h1-15,26,28,34H,16-17H2,(H,33,37)/t26-,28+/m0/s1. The van der Waals surface area contributed by atoms with Crippen molar-refractivity contribution in [3.8, 4) is 0 Å². The van der Waals surface area contributed by atoms with Crippen LogP contribution in [0.15, 0.2) is 95.6 Å². The molecule has 0 spiro atoms. The summed E-state index contributed by atoms with van der Waals surface area (Å²) >= 11 is 6.38. The number of furan rings is 1.